The zero-order chi connectivity index (χ0) is 19.7. The van der Waals surface area contributed by atoms with Crippen molar-refractivity contribution in [1.82, 2.24) is 24.8 Å². The lowest BCUT2D eigenvalue weighted by Gasteiger charge is -2.04. The normalized spacial score (nSPS) is 11.3. The van der Waals surface area contributed by atoms with Crippen molar-refractivity contribution in [1.29, 1.82) is 0 Å². The molecule has 3 aromatic heterocycles. The van der Waals surface area contributed by atoms with E-state index in [9.17, 15) is 0 Å². The van der Waals surface area contributed by atoms with Crippen LogP contribution in [0.1, 0.15) is 30.6 Å². The van der Waals surface area contributed by atoms with E-state index < -0.39 is 0 Å². The van der Waals surface area contributed by atoms with Gasteiger partial charge in [-0.1, -0.05) is 46.5 Å². The molecular formula is C19H17Cl2N5O2. The van der Waals surface area contributed by atoms with Crippen LogP contribution in [-0.2, 0) is 19.9 Å². The second kappa shape index (κ2) is 7.77. The minimum absolute atomic E-state index is 0.327. The van der Waals surface area contributed by atoms with E-state index in [0.29, 0.717) is 57.2 Å². The van der Waals surface area contributed by atoms with E-state index in [-0.39, 0.29) is 0 Å². The van der Waals surface area contributed by atoms with Gasteiger partial charge in [0, 0.05) is 30.9 Å². The first kappa shape index (κ1) is 18.7. The summed E-state index contributed by atoms with van der Waals surface area (Å²) in [7, 11) is 1.92. The van der Waals surface area contributed by atoms with Crippen molar-refractivity contribution >= 4 is 23.2 Å². The Balaban J connectivity index is 1.79. The first-order chi connectivity index (χ1) is 13.6. The number of nitrogens with zero attached hydrogens (tertiary/aromatic N) is 5. The van der Waals surface area contributed by atoms with Crippen LogP contribution in [0.3, 0.4) is 0 Å². The zero-order valence-electron chi connectivity index (χ0n) is 15.3. The summed E-state index contributed by atoms with van der Waals surface area (Å²) >= 11 is 12.8. The van der Waals surface area contributed by atoms with E-state index >= 15 is 0 Å². The molecule has 0 saturated heterocycles. The fraction of sp³-hybridized carbons (Fsp3) is 0.263. The maximum absolute atomic E-state index is 6.38. The van der Waals surface area contributed by atoms with Crippen LogP contribution in [0.15, 0.2) is 39.8 Å². The molecule has 0 spiro atoms. The Bertz CT molecular complexity index is 1100. The molecule has 3 heterocycles. The molecule has 0 aliphatic heterocycles. The third-order valence-electron chi connectivity index (χ3n) is 4.38. The topological polar surface area (TPSA) is 82.8 Å². The van der Waals surface area contributed by atoms with Gasteiger partial charge in [0.1, 0.15) is 17.0 Å². The molecule has 0 bridgehead atoms. The Labute approximate surface area is 171 Å². The van der Waals surface area contributed by atoms with E-state index in [0.717, 1.165) is 12.1 Å². The highest BCUT2D eigenvalue weighted by molar-refractivity contribution is 6.39. The van der Waals surface area contributed by atoms with Gasteiger partial charge in [0.2, 0.25) is 0 Å². The summed E-state index contributed by atoms with van der Waals surface area (Å²) in [5.74, 6) is 1.52. The van der Waals surface area contributed by atoms with Gasteiger partial charge < -0.3 is 13.6 Å². The molecule has 0 saturated carbocycles. The fourth-order valence-electron chi connectivity index (χ4n) is 2.98. The van der Waals surface area contributed by atoms with Crippen LogP contribution >= 0.6 is 23.2 Å². The first-order valence-corrected chi connectivity index (χ1v) is 9.55. The molecule has 28 heavy (non-hydrogen) atoms. The average molecular weight is 418 g/mol. The van der Waals surface area contributed by atoms with E-state index in [4.69, 9.17) is 32.2 Å². The summed E-state index contributed by atoms with van der Waals surface area (Å²) in [5, 5.41) is 9.27. The Morgan fingerprint density at radius 2 is 1.86 bits per heavy atom. The summed E-state index contributed by atoms with van der Waals surface area (Å²) in [5.41, 5.74) is 2.68. The zero-order valence-corrected chi connectivity index (χ0v) is 16.8. The van der Waals surface area contributed by atoms with Crippen LogP contribution in [0.25, 0.3) is 22.7 Å². The number of rotatable bonds is 6. The van der Waals surface area contributed by atoms with Crippen molar-refractivity contribution in [2.24, 2.45) is 7.05 Å². The average Bonchev–Trinajstić information content (AvgIpc) is 3.37. The Kier molecular flexibility index (Phi) is 5.19. The molecule has 0 fully saturated rings. The number of hydrogen-bond acceptors (Lipinski definition) is 6. The molecule has 1 aromatic carbocycles. The fourth-order valence-corrected chi connectivity index (χ4v) is 3.56. The summed E-state index contributed by atoms with van der Waals surface area (Å²) in [6.45, 7) is 2.05. The standard InChI is InChI=1S/C19H17Cl2N5O2/c1-3-5-14-17(18(25-27-14)16-12(20)6-4-7-13(16)21)19-23-15(24-28-19)8-11-9-22-10-26(11)2/h4,6-7,9-10H,3,5,8H2,1-2H3. The monoisotopic (exact) mass is 417 g/mol. The van der Waals surface area contributed by atoms with Crippen LogP contribution in [0, 0.1) is 0 Å². The molecule has 4 rings (SSSR count). The maximum Gasteiger partial charge on any atom is 0.263 e. The van der Waals surface area contributed by atoms with Crippen molar-refractivity contribution in [2.75, 3.05) is 0 Å². The van der Waals surface area contributed by atoms with E-state index in [2.05, 4.69) is 27.2 Å². The molecule has 7 nitrogen and oxygen atoms in total. The second-order valence-electron chi connectivity index (χ2n) is 6.36. The molecule has 0 radical (unpaired) electrons. The highest BCUT2D eigenvalue weighted by Gasteiger charge is 2.26. The van der Waals surface area contributed by atoms with Gasteiger partial charge in [0.05, 0.1) is 22.8 Å². The van der Waals surface area contributed by atoms with Crippen LogP contribution in [0.5, 0.6) is 0 Å². The number of halogens is 2. The van der Waals surface area contributed by atoms with Crippen LogP contribution in [0.2, 0.25) is 10.0 Å². The second-order valence-corrected chi connectivity index (χ2v) is 7.18. The number of benzene rings is 1. The number of aromatic nitrogens is 5. The first-order valence-electron chi connectivity index (χ1n) is 8.79. The summed E-state index contributed by atoms with van der Waals surface area (Å²) < 4.78 is 13.0. The minimum atomic E-state index is 0.327. The maximum atomic E-state index is 6.38. The number of aryl methyl sites for hydroxylation is 2. The van der Waals surface area contributed by atoms with E-state index in [1.54, 1.807) is 30.7 Å². The molecule has 9 heteroatoms. The molecular weight excluding hydrogens is 401 g/mol. The molecule has 0 unspecified atom stereocenters. The summed E-state index contributed by atoms with van der Waals surface area (Å²) in [6.07, 6.45) is 5.54. The predicted molar refractivity (Wildman–Crippen MR) is 105 cm³/mol. The van der Waals surface area contributed by atoms with Crippen LogP contribution < -0.4 is 0 Å². The van der Waals surface area contributed by atoms with Crippen LogP contribution in [-0.4, -0.2) is 24.8 Å². The molecule has 0 aliphatic rings. The highest BCUT2D eigenvalue weighted by atomic mass is 35.5. The number of imidazole rings is 1. The van der Waals surface area contributed by atoms with E-state index in [1.807, 2.05) is 11.6 Å². The molecule has 0 atom stereocenters. The lowest BCUT2D eigenvalue weighted by molar-refractivity contribution is 0.382. The van der Waals surface area contributed by atoms with E-state index in [1.165, 1.54) is 0 Å². The quantitative estimate of drug-likeness (QED) is 0.440. The lowest BCUT2D eigenvalue weighted by Crippen LogP contribution is -1.98. The Morgan fingerprint density at radius 3 is 2.54 bits per heavy atom. The summed E-state index contributed by atoms with van der Waals surface area (Å²) in [6, 6.07) is 5.28. The van der Waals surface area contributed by atoms with Crippen molar-refractivity contribution in [3.63, 3.8) is 0 Å². The third-order valence-corrected chi connectivity index (χ3v) is 5.01. The predicted octanol–water partition coefficient (Wildman–Crippen LogP) is 4.98. The van der Waals surface area contributed by atoms with Gasteiger partial charge in [-0.2, -0.15) is 4.98 Å². The van der Waals surface area contributed by atoms with Gasteiger partial charge in [-0.25, -0.2) is 4.98 Å². The van der Waals surface area contributed by atoms with Gasteiger partial charge in [-0.3, -0.25) is 0 Å². The van der Waals surface area contributed by atoms with Gasteiger partial charge in [0.25, 0.3) is 5.89 Å². The number of hydrogen-bond donors (Lipinski definition) is 0. The SMILES string of the molecule is CCCc1onc(-c2c(Cl)cccc2Cl)c1-c1nc(Cc2cncn2C)no1. The van der Waals surface area contributed by atoms with Crippen molar-refractivity contribution < 1.29 is 9.05 Å². The lowest BCUT2D eigenvalue weighted by atomic mass is 10.0. The largest absolute Gasteiger partial charge is 0.360 e. The smallest absolute Gasteiger partial charge is 0.263 e. The third kappa shape index (κ3) is 3.43. The molecule has 0 aliphatic carbocycles. The van der Waals surface area contributed by atoms with Gasteiger partial charge in [0.15, 0.2) is 5.82 Å². The summed E-state index contributed by atoms with van der Waals surface area (Å²) in [4.78, 5) is 8.66. The Morgan fingerprint density at radius 1 is 1.07 bits per heavy atom. The molecule has 0 amide bonds. The van der Waals surface area contributed by atoms with Crippen LogP contribution in [0.4, 0.5) is 0 Å². The highest BCUT2D eigenvalue weighted by Crippen LogP contribution is 2.41. The molecule has 4 aromatic rings. The van der Waals surface area contributed by atoms with Crippen molar-refractivity contribution in [2.45, 2.75) is 26.2 Å². The van der Waals surface area contributed by atoms with Crippen molar-refractivity contribution in [3.8, 4) is 22.7 Å². The molecule has 0 N–H and O–H groups in total. The minimum Gasteiger partial charge on any atom is -0.360 e. The molecule has 144 valence electrons. The van der Waals surface area contributed by atoms with Gasteiger partial charge >= 0.3 is 0 Å². The van der Waals surface area contributed by atoms with Crippen molar-refractivity contribution in [3.05, 3.63) is 58.0 Å². The van der Waals surface area contributed by atoms with Gasteiger partial charge in [-0.15, -0.1) is 0 Å². The van der Waals surface area contributed by atoms with Gasteiger partial charge in [-0.05, 0) is 18.6 Å². The Hall–Kier alpha value is -2.64.